The first-order valence-corrected chi connectivity index (χ1v) is 5.98. The number of carbonyl (C=O) groups excluding carboxylic acids is 1. The van der Waals surface area contributed by atoms with Crippen LogP contribution in [0.3, 0.4) is 0 Å². The van der Waals surface area contributed by atoms with E-state index in [1.165, 1.54) is 0 Å². The minimum absolute atomic E-state index is 0.0420. The van der Waals surface area contributed by atoms with E-state index >= 15 is 0 Å². The maximum absolute atomic E-state index is 11.0. The van der Waals surface area contributed by atoms with E-state index in [9.17, 15) is 9.59 Å². The Hall–Kier alpha value is -0.550. The minimum Gasteiger partial charge on any atom is -0.480 e. The average Bonchev–Trinajstić information content (AvgIpc) is 2.16. The molecule has 0 saturated heterocycles. The van der Waals surface area contributed by atoms with Gasteiger partial charge in [0.1, 0.15) is 11.8 Å². The van der Waals surface area contributed by atoms with Gasteiger partial charge in [0.2, 0.25) is 0 Å². The van der Waals surface area contributed by atoms with Crippen LogP contribution in [0.25, 0.3) is 0 Å². The molecule has 0 aromatic rings. The molecule has 2 N–H and O–H groups in total. The Balaban J connectivity index is 3.84. The summed E-state index contributed by atoms with van der Waals surface area (Å²) in [4.78, 5) is 21.7. The molecule has 0 amide bonds. The summed E-state index contributed by atoms with van der Waals surface area (Å²) in [5.74, 6) is -0.0621. The van der Waals surface area contributed by atoms with Crippen molar-refractivity contribution in [2.45, 2.75) is 25.8 Å². The molecule has 0 aliphatic carbocycles. The number of carboxylic acids is 1. The second-order valence-corrected chi connectivity index (χ2v) is 3.93. The Morgan fingerprint density at radius 2 is 2.14 bits per heavy atom. The van der Waals surface area contributed by atoms with Gasteiger partial charge in [0.15, 0.2) is 0 Å². The fraction of sp³-hybridized carbons (Fsp3) is 0.778. The molecule has 0 aliphatic rings. The third kappa shape index (κ3) is 5.99. The lowest BCUT2D eigenvalue weighted by Gasteiger charge is -2.12. The fourth-order valence-electron chi connectivity index (χ4n) is 0.911. The largest absolute Gasteiger partial charge is 0.480 e. The molecule has 0 aromatic heterocycles. The molecule has 82 valence electrons. The topological polar surface area (TPSA) is 66.4 Å². The summed E-state index contributed by atoms with van der Waals surface area (Å²) in [7, 11) is 0. The summed E-state index contributed by atoms with van der Waals surface area (Å²) < 4.78 is 0. The molecule has 5 heteroatoms. The number of aliphatic carboxylic acids is 1. The van der Waals surface area contributed by atoms with Crippen LogP contribution in [0, 0.1) is 0 Å². The van der Waals surface area contributed by atoms with Crippen LogP contribution in [0.1, 0.15) is 19.8 Å². The molecular formula is C9H17NO3S. The number of hydrogen-bond acceptors (Lipinski definition) is 4. The Bertz CT molecular complexity index is 196. The Morgan fingerprint density at radius 3 is 2.57 bits per heavy atom. The van der Waals surface area contributed by atoms with E-state index in [2.05, 4.69) is 5.32 Å². The van der Waals surface area contributed by atoms with Crippen molar-refractivity contribution < 1.29 is 14.7 Å². The first-order chi connectivity index (χ1) is 6.61. The van der Waals surface area contributed by atoms with Crippen molar-refractivity contribution in [3.05, 3.63) is 0 Å². The number of carboxylic acid groups (broad SMARTS) is 1. The normalized spacial score (nSPS) is 12.4. The molecule has 0 heterocycles. The van der Waals surface area contributed by atoms with Crippen molar-refractivity contribution in [3.8, 4) is 0 Å². The average molecular weight is 219 g/mol. The van der Waals surface area contributed by atoms with E-state index in [1.807, 2.05) is 6.26 Å². The summed E-state index contributed by atoms with van der Waals surface area (Å²) in [6, 6.07) is -0.599. The molecule has 14 heavy (non-hydrogen) atoms. The van der Waals surface area contributed by atoms with E-state index in [0.29, 0.717) is 12.8 Å². The second kappa shape index (κ2) is 7.82. The maximum atomic E-state index is 11.0. The summed E-state index contributed by atoms with van der Waals surface area (Å²) >= 11 is 1.60. The van der Waals surface area contributed by atoms with Gasteiger partial charge in [0.05, 0.1) is 6.54 Å². The number of hydrogen-bond donors (Lipinski definition) is 2. The third-order valence-electron chi connectivity index (χ3n) is 1.85. The zero-order chi connectivity index (χ0) is 11.0. The van der Waals surface area contributed by atoms with Crippen molar-refractivity contribution in [2.24, 2.45) is 0 Å². The van der Waals surface area contributed by atoms with E-state index in [0.717, 1.165) is 5.75 Å². The van der Waals surface area contributed by atoms with Gasteiger partial charge in [0.25, 0.3) is 0 Å². The molecule has 0 bridgehead atoms. The summed E-state index contributed by atoms with van der Waals surface area (Å²) in [5.41, 5.74) is 0. The van der Waals surface area contributed by atoms with Crippen molar-refractivity contribution in [2.75, 3.05) is 18.6 Å². The fourth-order valence-corrected chi connectivity index (χ4v) is 1.38. The van der Waals surface area contributed by atoms with Gasteiger partial charge in [-0.25, -0.2) is 0 Å². The van der Waals surface area contributed by atoms with Crippen molar-refractivity contribution in [1.82, 2.24) is 5.32 Å². The van der Waals surface area contributed by atoms with Gasteiger partial charge in [-0.1, -0.05) is 6.92 Å². The van der Waals surface area contributed by atoms with Gasteiger partial charge < -0.3 is 5.11 Å². The lowest BCUT2D eigenvalue weighted by Crippen LogP contribution is -2.40. The molecule has 0 saturated carbocycles. The van der Waals surface area contributed by atoms with Gasteiger partial charge >= 0.3 is 5.97 Å². The van der Waals surface area contributed by atoms with E-state index in [4.69, 9.17) is 5.11 Å². The van der Waals surface area contributed by atoms with Gasteiger partial charge in [0, 0.05) is 6.42 Å². The third-order valence-corrected chi connectivity index (χ3v) is 2.49. The van der Waals surface area contributed by atoms with Gasteiger partial charge in [-0.05, 0) is 18.4 Å². The van der Waals surface area contributed by atoms with Crippen LogP contribution in [0.15, 0.2) is 0 Å². The molecular weight excluding hydrogens is 202 g/mol. The molecule has 0 fully saturated rings. The van der Waals surface area contributed by atoms with Crippen LogP contribution in [0.2, 0.25) is 0 Å². The van der Waals surface area contributed by atoms with Crippen molar-refractivity contribution in [3.63, 3.8) is 0 Å². The molecule has 0 rings (SSSR count). The van der Waals surface area contributed by atoms with Gasteiger partial charge in [-0.15, -0.1) is 0 Å². The zero-order valence-corrected chi connectivity index (χ0v) is 9.39. The maximum Gasteiger partial charge on any atom is 0.320 e. The Labute approximate surface area is 88.4 Å². The van der Waals surface area contributed by atoms with Crippen molar-refractivity contribution in [1.29, 1.82) is 0 Å². The molecule has 0 aliphatic heterocycles. The Kier molecular flexibility index (Phi) is 7.51. The smallest absolute Gasteiger partial charge is 0.320 e. The summed E-state index contributed by atoms with van der Waals surface area (Å²) in [6.45, 7) is 1.92. The summed E-state index contributed by atoms with van der Waals surface area (Å²) in [6.07, 6.45) is 2.92. The van der Waals surface area contributed by atoms with E-state index < -0.39 is 12.0 Å². The molecule has 0 spiro atoms. The SMILES string of the molecule is CCC(=O)CN[C@@H](CCSC)C(=O)O. The lowest BCUT2D eigenvalue weighted by atomic mass is 10.2. The van der Waals surface area contributed by atoms with Gasteiger partial charge in [-0.2, -0.15) is 11.8 Å². The lowest BCUT2D eigenvalue weighted by molar-refractivity contribution is -0.139. The van der Waals surface area contributed by atoms with Crippen LogP contribution in [-0.4, -0.2) is 41.5 Å². The number of nitrogens with one attached hydrogen (secondary N) is 1. The molecule has 0 unspecified atom stereocenters. The van der Waals surface area contributed by atoms with Crippen LogP contribution in [-0.2, 0) is 9.59 Å². The number of Topliss-reactive ketones (excluding diaryl/α,β-unsaturated/α-hetero) is 1. The number of ketones is 1. The number of rotatable bonds is 8. The number of thioether (sulfide) groups is 1. The van der Waals surface area contributed by atoms with E-state index in [1.54, 1.807) is 18.7 Å². The van der Waals surface area contributed by atoms with Crippen LogP contribution in [0.5, 0.6) is 0 Å². The van der Waals surface area contributed by atoms with Crippen LogP contribution in [0.4, 0.5) is 0 Å². The highest BCUT2D eigenvalue weighted by Gasteiger charge is 2.16. The predicted octanol–water partition coefficient (Wildman–Crippen LogP) is 0.761. The van der Waals surface area contributed by atoms with Crippen LogP contribution >= 0.6 is 11.8 Å². The van der Waals surface area contributed by atoms with Crippen LogP contribution < -0.4 is 5.32 Å². The highest BCUT2D eigenvalue weighted by Crippen LogP contribution is 2.00. The molecule has 1 atom stereocenters. The van der Waals surface area contributed by atoms with Gasteiger partial charge in [-0.3, -0.25) is 14.9 Å². The summed E-state index contributed by atoms with van der Waals surface area (Å²) in [5, 5.41) is 11.5. The first-order valence-electron chi connectivity index (χ1n) is 4.58. The quantitative estimate of drug-likeness (QED) is 0.631. The monoisotopic (exact) mass is 219 g/mol. The zero-order valence-electron chi connectivity index (χ0n) is 8.58. The molecule has 0 aromatic carbocycles. The Morgan fingerprint density at radius 1 is 1.50 bits per heavy atom. The molecule has 4 nitrogen and oxygen atoms in total. The minimum atomic E-state index is -0.886. The van der Waals surface area contributed by atoms with E-state index in [-0.39, 0.29) is 12.3 Å². The highest BCUT2D eigenvalue weighted by molar-refractivity contribution is 7.98. The highest BCUT2D eigenvalue weighted by atomic mass is 32.2. The second-order valence-electron chi connectivity index (χ2n) is 2.95. The number of carbonyl (C=O) groups is 2. The predicted molar refractivity (Wildman–Crippen MR) is 57.7 cm³/mol. The first kappa shape index (κ1) is 13.4. The molecule has 0 radical (unpaired) electrons. The van der Waals surface area contributed by atoms with Crippen molar-refractivity contribution >= 4 is 23.5 Å². The standard InChI is InChI=1S/C9H17NO3S/c1-3-7(11)6-10-8(9(12)13)4-5-14-2/h8,10H,3-6H2,1-2H3,(H,12,13)/t8-/m0/s1.